The van der Waals surface area contributed by atoms with Gasteiger partial charge in [-0.15, -0.1) is 0 Å². The molecular weight excluding hydrogens is 395 g/mol. The lowest BCUT2D eigenvalue weighted by Crippen LogP contribution is -2.52. The maximum absolute atomic E-state index is 13.7. The normalized spacial score (nSPS) is 18.9. The fourth-order valence-corrected chi connectivity index (χ4v) is 4.21. The standard InChI is InChI=1S/C22H22F3N3O2/c1-12(26-2)20(29)27-17-10-9-13-5-3-7-15-18-14(11-28(19(13)15)21(17)30)6-4-8-16(18)22(23,24)25/h3-8,12,17,26H,9-11H2,1-2H3,(H,27,29)/t12-,17-/m0/s1. The Morgan fingerprint density at radius 2 is 1.87 bits per heavy atom. The molecule has 2 N–H and O–H groups in total. The van der Waals surface area contributed by atoms with Gasteiger partial charge in [0.1, 0.15) is 6.04 Å². The van der Waals surface area contributed by atoms with Gasteiger partial charge in [0.25, 0.3) is 0 Å². The molecule has 4 rings (SSSR count). The number of carbonyl (C=O) groups is 2. The topological polar surface area (TPSA) is 61.4 Å². The largest absolute Gasteiger partial charge is 0.417 e. The number of carbonyl (C=O) groups excluding carboxylic acids is 2. The summed E-state index contributed by atoms with van der Waals surface area (Å²) >= 11 is 0. The summed E-state index contributed by atoms with van der Waals surface area (Å²) in [5.74, 6) is -0.597. The molecule has 0 bridgehead atoms. The molecule has 2 heterocycles. The van der Waals surface area contributed by atoms with Crippen molar-refractivity contribution in [2.45, 2.75) is 44.6 Å². The molecule has 2 aromatic rings. The van der Waals surface area contributed by atoms with E-state index in [0.717, 1.165) is 11.6 Å². The summed E-state index contributed by atoms with van der Waals surface area (Å²) in [5, 5.41) is 5.63. The van der Waals surface area contributed by atoms with E-state index in [1.165, 1.54) is 11.0 Å². The Hall–Kier alpha value is -2.87. The third-order valence-corrected chi connectivity index (χ3v) is 5.85. The molecule has 158 valence electrons. The summed E-state index contributed by atoms with van der Waals surface area (Å²) in [7, 11) is 1.65. The highest BCUT2D eigenvalue weighted by atomic mass is 19.4. The number of nitrogens with zero attached hydrogens (tertiary/aromatic N) is 1. The van der Waals surface area contributed by atoms with Gasteiger partial charge in [-0.25, -0.2) is 0 Å². The van der Waals surface area contributed by atoms with Gasteiger partial charge >= 0.3 is 6.18 Å². The van der Waals surface area contributed by atoms with Gasteiger partial charge in [-0.2, -0.15) is 13.2 Å². The summed E-state index contributed by atoms with van der Waals surface area (Å²) in [6, 6.07) is 8.06. The third-order valence-electron chi connectivity index (χ3n) is 5.85. The van der Waals surface area contributed by atoms with Crippen molar-refractivity contribution in [2.75, 3.05) is 11.9 Å². The van der Waals surface area contributed by atoms with E-state index in [9.17, 15) is 22.8 Å². The van der Waals surface area contributed by atoms with Crippen LogP contribution in [0.3, 0.4) is 0 Å². The zero-order valence-corrected chi connectivity index (χ0v) is 16.6. The van der Waals surface area contributed by atoms with Gasteiger partial charge in [-0.1, -0.05) is 30.3 Å². The second kappa shape index (κ2) is 7.43. The van der Waals surface area contributed by atoms with Gasteiger partial charge < -0.3 is 15.5 Å². The molecule has 5 nitrogen and oxygen atoms in total. The van der Waals surface area contributed by atoms with E-state index in [-0.39, 0.29) is 23.9 Å². The molecule has 8 heteroatoms. The molecule has 2 atom stereocenters. The van der Waals surface area contributed by atoms with Crippen LogP contribution in [0.2, 0.25) is 0 Å². The van der Waals surface area contributed by atoms with Crippen LogP contribution >= 0.6 is 0 Å². The number of aryl methyl sites for hydroxylation is 1. The quantitative estimate of drug-likeness (QED) is 0.806. The van der Waals surface area contributed by atoms with Gasteiger partial charge in [0.05, 0.1) is 23.8 Å². The Morgan fingerprint density at radius 1 is 1.17 bits per heavy atom. The highest BCUT2D eigenvalue weighted by Gasteiger charge is 2.41. The zero-order valence-electron chi connectivity index (χ0n) is 16.6. The molecule has 30 heavy (non-hydrogen) atoms. The maximum atomic E-state index is 13.7. The van der Waals surface area contributed by atoms with Crippen LogP contribution in [0.25, 0.3) is 11.1 Å². The average molecular weight is 417 g/mol. The van der Waals surface area contributed by atoms with Gasteiger partial charge in [0.2, 0.25) is 11.8 Å². The van der Waals surface area contributed by atoms with E-state index < -0.39 is 23.8 Å². The number of hydrogen-bond donors (Lipinski definition) is 2. The van der Waals surface area contributed by atoms with E-state index in [0.29, 0.717) is 29.7 Å². The summed E-state index contributed by atoms with van der Waals surface area (Å²) in [6.45, 7) is 1.73. The highest BCUT2D eigenvalue weighted by molar-refractivity contribution is 6.06. The van der Waals surface area contributed by atoms with Crippen LogP contribution in [-0.4, -0.2) is 30.9 Å². The lowest BCUT2D eigenvalue weighted by atomic mass is 9.87. The fourth-order valence-electron chi connectivity index (χ4n) is 4.21. The second-order valence-electron chi connectivity index (χ2n) is 7.69. The van der Waals surface area contributed by atoms with Crippen molar-refractivity contribution in [3.63, 3.8) is 0 Å². The number of benzene rings is 2. The first kappa shape index (κ1) is 20.4. The molecule has 2 amide bonds. The molecule has 0 aromatic heterocycles. The van der Waals surface area contributed by atoms with E-state index in [4.69, 9.17) is 0 Å². The Bertz CT molecular complexity index is 1020. The van der Waals surface area contributed by atoms with Gasteiger partial charge in [-0.3, -0.25) is 9.59 Å². The van der Waals surface area contributed by atoms with Crippen molar-refractivity contribution in [1.29, 1.82) is 0 Å². The molecule has 0 radical (unpaired) electrons. The molecule has 0 unspecified atom stereocenters. The van der Waals surface area contributed by atoms with E-state index >= 15 is 0 Å². The summed E-state index contributed by atoms with van der Waals surface area (Å²) in [6.07, 6.45) is -3.63. The lowest BCUT2D eigenvalue weighted by molar-refractivity contribution is -0.137. The number of anilines is 1. The minimum Gasteiger partial charge on any atom is -0.343 e. The number of alkyl halides is 3. The van der Waals surface area contributed by atoms with Crippen molar-refractivity contribution in [2.24, 2.45) is 0 Å². The molecule has 0 spiro atoms. The lowest BCUT2D eigenvalue weighted by Gasteiger charge is -2.34. The van der Waals surface area contributed by atoms with Crippen molar-refractivity contribution < 1.29 is 22.8 Å². The summed E-state index contributed by atoms with van der Waals surface area (Å²) < 4.78 is 41.1. The average Bonchev–Trinajstić information content (AvgIpc) is 2.85. The van der Waals surface area contributed by atoms with Gasteiger partial charge in [0, 0.05) is 11.1 Å². The Labute approximate surface area is 172 Å². The molecule has 0 saturated heterocycles. The van der Waals surface area contributed by atoms with Crippen LogP contribution < -0.4 is 15.5 Å². The predicted molar refractivity (Wildman–Crippen MR) is 107 cm³/mol. The number of halogens is 3. The van der Waals surface area contributed by atoms with Crippen molar-refractivity contribution in [3.05, 3.63) is 53.1 Å². The van der Waals surface area contributed by atoms with Crippen LogP contribution in [0.1, 0.15) is 30.0 Å². The molecule has 0 aliphatic carbocycles. The third kappa shape index (κ3) is 3.35. The van der Waals surface area contributed by atoms with Crippen LogP contribution in [0, 0.1) is 0 Å². The SMILES string of the molecule is CN[C@@H](C)C(=O)N[C@H]1CCc2cccc3c2N(Cc2cccc(C(F)(F)F)c2-3)C1=O. The second-order valence-corrected chi connectivity index (χ2v) is 7.69. The van der Waals surface area contributed by atoms with Crippen LogP contribution in [-0.2, 0) is 28.7 Å². The van der Waals surface area contributed by atoms with Crippen LogP contribution in [0.4, 0.5) is 18.9 Å². The number of para-hydroxylation sites is 1. The number of amides is 2. The number of likely N-dealkylation sites (N-methyl/N-ethyl adjacent to an activating group) is 1. The zero-order chi connectivity index (χ0) is 21.6. The molecular formula is C22H22F3N3O2. The first-order valence-electron chi connectivity index (χ1n) is 9.82. The fraction of sp³-hybridized carbons (Fsp3) is 0.364. The first-order valence-corrected chi connectivity index (χ1v) is 9.82. The maximum Gasteiger partial charge on any atom is 0.417 e. The molecule has 2 aromatic carbocycles. The Morgan fingerprint density at radius 3 is 2.57 bits per heavy atom. The minimum absolute atomic E-state index is 0.0377. The van der Waals surface area contributed by atoms with E-state index in [1.54, 1.807) is 32.2 Å². The predicted octanol–water partition coefficient (Wildman–Crippen LogP) is 3.26. The summed E-state index contributed by atoms with van der Waals surface area (Å²) in [4.78, 5) is 27.2. The number of nitrogens with one attached hydrogen (secondary N) is 2. The van der Waals surface area contributed by atoms with Gasteiger partial charge in [0.15, 0.2) is 0 Å². The molecule has 2 aliphatic heterocycles. The number of hydrogen-bond acceptors (Lipinski definition) is 3. The van der Waals surface area contributed by atoms with E-state index in [1.807, 2.05) is 6.07 Å². The minimum atomic E-state index is -4.50. The van der Waals surface area contributed by atoms with Crippen LogP contribution in [0.15, 0.2) is 36.4 Å². The van der Waals surface area contributed by atoms with Crippen LogP contribution in [0.5, 0.6) is 0 Å². The van der Waals surface area contributed by atoms with E-state index in [2.05, 4.69) is 10.6 Å². The Kier molecular flexibility index (Phi) is 5.05. The van der Waals surface area contributed by atoms with Gasteiger partial charge in [-0.05, 0) is 44.0 Å². The molecule has 0 saturated carbocycles. The van der Waals surface area contributed by atoms with Crippen molar-refractivity contribution in [3.8, 4) is 11.1 Å². The molecule has 0 fully saturated rings. The number of rotatable bonds is 3. The highest BCUT2D eigenvalue weighted by Crippen LogP contribution is 2.48. The monoisotopic (exact) mass is 417 g/mol. The smallest absolute Gasteiger partial charge is 0.343 e. The summed E-state index contributed by atoms with van der Waals surface area (Å²) in [5.41, 5.74) is 1.62. The first-order chi connectivity index (χ1) is 14.2. The molecule has 2 aliphatic rings. The van der Waals surface area contributed by atoms with Crippen molar-refractivity contribution in [1.82, 2.24) is 10.6 Å². The Balaban J connectivity index is 1.80. The number of fused-ring (bicyclic) bond motifs is 2. The van der Waals surface area contributed by atoms with Crippen molar-refractivity contribution >= 4 is 17.5 Å².